The first kappa shape index (κ1) is 23.2. The number of carboxylic acids is 2. The minimum absolute atomic E-state index is 0.0759. The van der Waals surface area contributed by atoms with Crippen molar-refractivity contribution in [2.45, 2.75) is 62.3 Å². The molecule has 0 bridgehead atoms. The summed E-state index contributed by atoms with van der Waals surface area (Å²) in [5.74, 6) is -2.39. The van der Waals surface area contributed by atoms with E-state index in [1.165, 1.54) is 9.80 Å². The number of carboxylic acid groups (broad SMARTS) is 2. The molecule has 2 aliphatic rings. The van der Waals surface area contributed by atoms with E-state index < -0.39 is 24.0 Å². The van der Waals surface area contributed by atoms with Crippen molar-refractivity contribution in [1.29, 1.82) is 0 Å². The molecule has 0 spiro atoms. The summed E-state index contributed by atoms with van der Waals surface area (Å²) in [4.78, 5) is 50.6. The number of carbonyl (C=O) groups excluding carboxylic acids is 2. The van der Waals surface area contributed by atoms with Crippen molar-refractivity contribution < 1.29 is 29.4 Å². The van der Waals surface area contributed by atoms with Gasteiger partial charge in [0.1, 0.15) is 0 Å². The van der Waals surface area contributed by atoms with Gasteiger partial charge in [0.05, 0.1) is 0 Å². The number of carbonyl (C=O) groups is 4. The summed E-state index contributed by atoms with van der Waals surface area (Å²) in [6.07, 6.45) is 2.52. The molecule has 2 saturated heterocycles. The molecule has 10 heteroatoms. The zero-order valence-corrected chi connectivity index (χ0v) is 19.6. The Morgan fingerprint density at radius 2 is 1.18 bits per heavy atom. The van der Waals surface area contributed by atoms with Crippen LogP contribution in [0.5, 0.6) is 0 Å². The summed E-state index contributed by atoms with van der Waals surface area (Å²) >= 11 is 0.485. The van der Waals surface area contributed by atoms with E-state index >= 15 is 0 Å². The number of nitrogens with zero attached hydrogens (tertiary/aromatic N) is 2. The van der Waals surface area contributed by atoms with Crippen LogP contribution in [0.3, 0.4) is 0 Å². The second kappa shape index (κ2) is 10.6. The van der Waals surface area contributed by atoms with E-state index in [1.54, 1.807) is 0 Å². The molecular weight excluding hydrogens is 498 g/mol. The molecule has 158 valence electrons. The first-order valence-electron chi connectivity index (χ1n) is 9.55. The molecule has 4 atom stereocenters. The van der Waals surface area contributed by atoms with E-state index in [0.29, 0.717) is 25.9 Å². The first-order chi connectivity index (χ1) is 13.2. The van der Waals surface area contributed by atoms with Crippen LogP contribution in [0.15, 0.2) is 0 Å². The predicted molar refractivity (Wildman–Crippen MR) is 104 cm³/mol. The Morgan fingerprint density at radius 3 is 1.50 bits per heavy atom. The minimum atomic E-state index is -0.929. The summed E-state index contributed by atoms with van der Waals surface area (Å²) in [5, 5.41) is 19.9. The van der Waals surface area contributed by atoms with Gasteiger partial charge in [-0.05, 0) is 0 Å². The van der Waals surface area contributed by atoms with Crippen LogP contribution < -0.4 is 0 Å². The van der Waals surface area contributed by atoms with Gasteiger partial charge < -0.3 is 0 Å². The SMILES string of the molecule is C[C@H](C[Se][Se]C[C@@H](C)C(=O)N1CCC[C@H]1C(=O)O)C(=O)N1CCC[C@H]1C(=O)O. The summed E-state index contributed by atoms with van der Waals surface area (Å²) in [6, 6.07) is -1.37. The molecule has 2 N–H and O–H groups in total. The molecule has 0 aromatic carbocycles. The van der Waals surface area contributed by atoms with Crippen molar-refractivity contribution in [3.63, 3.8) is 0 Å². The van der Waals surface area contributed by atoms with Crippen LogP contribution in [0.4, 0.5) is 0 Å². The molecule has 2 aliphatic heterocycles. The fourth-order valence-electron chi connectivity index (χ4n) is 3.58. The van der Waals surface area contributed by atoms with Gasteiger partial charge in [0, 0.05) is 0 Å². The van der Waals surface area contributed by atoms with Crippen LogP contribution in [0, 0.1) is 11.8 Å². The second-order valence-electron chi connectivity index (χ2n) is 7.43. The average molecular weight is 526 g/mol. The maximum atomic E-state index is 12.5. The van der Waals surface area contributed by atoms with Gasteiger partial charge in [-0.25, -0.2) is 0 Å². The van der Waals surface area contributed by atoms with Crippen LogP contribution in [-0.4, -0.2) is 95.2 Å². The van der Waals surface area contributed by atoms with Crippen LogP contribution in [0.25, 0.3) is 0 Å². The Balaban J connectivity index is 1.73. The number of hydrogen-bond donors (Lipinski definition) is 2. The molecule has 8 nitrogen and oxygen atoms in total. The van der Waals surface area contributed by atoms with Gasteiger partial charge in [0.2, 0.25) is 0 Å². The molecular formula is C18H28N2O6Se2. The van der Waals surface area contributed by atoms with Crippen molar-refractivity contribution in [3.05, 3.63) is 0 Å². The molecule has 0 aromatic rings. The maximum absolute atomic E-state index is 12.5. The summed E-state index contributed by atoms with van der Waals surface area (Å²) in [5.41, 5.74) is 0. The summed E-state index contributed by atoms with van der Waals surface area (Å²) in [6.45, 7) is 4.75. The van der Waals surface area contributed by atoms with Gasteiger partial charge >= 0.3 is 176 Å². The molecule has 28 heavy (non-hydrogen) atoms. The van der Waals surface area contributed by atoms with Crippen molar-refractivity contribution in [3.8, 4) is 0 Å². The van der Waals surface area contributed by atoms with Gasteiger partial charge in [-0.3, -0.25) is 0 Å². The number of hydrogen-bond acceptors (Lipinski definition) is 4. The summed E-state index contributed by atoms with van der Waals surface area (Å²) in [7, 11) is 0. The fourth-order valence-corrected chi connectivity index (χ4v) is 12.0. The third kappa shape index (κ3) is 5.72. The number of amides is 2. The quantitative estimate of drug-likeness (QED) is 0.336. The predicted octanol–water partition coefficient (Wildman–Crippen LogP) is 0.570. The number of rotatable bonds is 9. The van der Waals surface area contributed by atoms with Gasteiger partial charge in [-0.15, -0.1) is 0 Å². The number of aliphatic carboxylic acids is 2. The van der Waals surface area contributed by atoms with Gasteiger partial charge in [0.25, 0.3) is 0 Å². The van der Waals surface area contributed by atoms with Crippen LogP contribution in [-0.2, 0) is 19.2 Å². The van der Waals surface area contributed by atoms with Gasteiger partial charge in [-0.1, -0.05) is 0 Å². The first-order valence-corrected chi connectivity index (χ1v) is 16.3. The average Bonchev–Trinajstić information content (AvgIpc) is 3.32. The molecule has 0 aromatic heterocycles. The van der Waals surface area contributed by atoms with Crippen molar-refractivity contribution in [2.75, 3.05) is 13.1 Å². The molecule has 2 heterocycles. The Morgan fingerprint density at radius 1 is 0.821 bits per heavy atom. The van der Waals surface area contributed by atoms with Crippen LogP contribution in [0.2, 0.25) is 10.6 Å². The van der Waals surface area contributed by atoms with E-state index in [0.717, 1.165) is 23.5 Å². The Hall–Kier alpha value is -1.08. The molecule has 0 radical (unpaired) electrons. The monoisotopic (exact) mass is 528 g/mol. The number of likely N-dealkylation sites (tertiary alicyclic amines) is 2. The molecule has 2 amide bonds. The molecule has 2 rings (SSSR count). The third-order valence-electron chi connectivity index (χ3n) is 5.20. The zero-order chi connectivity index (χ0) is 20.8. The van der Waals surface area contributed by atoms with E-state index in [9.17, 15) is 29.4 Å². The second-order valence-corrected chi connectivity index (χ2v) is 15.0. The van der Waals surface area contributed by atoms with Crippen molar-refractivity contribution in [1.82, 2.24) is 9.80 Å². The zero-order valence-electron chi connectivity index (χ0n) is 16.2. The van der Waals surface area contributed by atoms with Crippen LogP contribution >= 0.6 is 0 Å². The molecule has 0 aliphatic carbocycles. The fraction of sp³-hybridized carbons (Fsp3) is 0.778. The van der Waals surface area contributed by atoms with E-state index in [2.05, 4.69) is 0 Å². The molecule has 0 unspecified atom stereocenters. The topological polar surface area (TPSA) is 115 Å². The molecule has 2 fully saturated rings. The van der Waals surface area contributed by atoms with E-state index in [4.69, 9.17) is 0 Å². The Kier molecular flexibility index (Phi) is 8.80. The Bertz CT molecular complexity index is 565. The van der Waals surface area contributed by atoms with E-state index in [1.807, 2.05) is 13.8 Å². The van der Waals surface area contributed by atoms with Gasteiger partial charge in [0.15, 0.2) is 0 Å². The third-order valence-corrected chi connectivity index (χ3v) is 13.0. The summed E-state index contributed by atoms with van der Waals surface area (Å²) < 4.78 is 0. The molecule has 0 saturated carbocycles. The van der Waals surface area contributed by atoms with Gasteiger partial charge in [-0.2, -0.15) is 0 Å². The van der Waals surface area contributed by atoms with Crippen LogP contribution in [0.1, 0.15) is 39.5 Å². The normalized spacial score (nSPS) is 24.2. The van der Waals surface area contributed by atoms with E-state index in [-0.39, 0.29) is 49.9 Å². The Labute approximate surface area is 176 Å². The van der Waals surface area contributed by atoms with Crippen molar-refractivity contribution in [2.24, 2.45) is 11.8 Å². The van der Waals surface area contributed by atoms with Crippen molar-refractivity contribution >= 4 is 50.0 Å². The standard InChI is InChI=1S/C18H28N2O6Se2/c1-11(15(21)19-7-3-5-13(19)17(23)24)9-27-28-10-12(2)16(22)20-8-4-6-14(20)18(25)26/h11-14H,3-10H2,1-2H3,(H,23,24)(H,25,26)/t11-,12-,13+,14+/m1/s1.